The van der Waals surface area contributed by atoms with E-state index >= 15 is 0 Å². The minimum atomic E-state index is 0.135. The molecule has 2 unspecified atom stereocenters. The number of thiazole rings is 1. The maximum Gasteiger partial charge on any atom is 0.133 e. The summed E-state index contributed by atoms with van der Waals surface area (Å²) in [4.78, 5) is 15.8. The summed E-state index contributed by atoms with van der Waals surface area (Å²) < 4.78 is 0. The molecule has 2 saturated heterocycles. The second kappa shape index (κ2) is 10.5. The smallest absolute Gasteiger partial charge is 0.133 e. The lowest BCUT2D eigenvalue weighted by atomic mass is 9.74. The minimum absolute atomic E-state index is 0.135. The van der Waals surface area contributed by atoms with Gasteiger partial charge >= 0.3 is 0 Å². The highest BCUT2D eigenvalue weighted by molar-refractivity contribution is 7.11. The molecule has 4 nitrogen and oxygen atoms in total. The molecule has 0 aromatic carbocycles. The molecule has 2 aromatic rings. The van der Waals surface area contributed by atoms with Crippen molar-refractivity contribution in [2.75, 3.05) is 26.2 Å². The molecule has 0 spiro atoms. The number of hydrogen-bond donors (Lipinski definition) is 0. The van der Waals surface area contributed by atoms with Crippen molar-refractivity contribution in [2.45, 2.75) is 71.9 Å². The molecular formula is C26H39ClN4S. The summed E-state index contributed by atoms with van der Waals surface area (Å²) in [6.07, 6.45) is 9.16. The quantitative estimate of drug-likeness (QED) is 0.444. The number of likely N-dealkylation sites (tertiary alicyclic amines) is 2. The van der Waals surface area contributed by atoms with Crippen LogP contribution in [0.1, 0.15) is 68.8 Å². The zero-order valence-corrected chi connectivity index (χ0v) is 21.8. The fourth-order valence-corrected chi connectivity index (χ4v) is 6.74. The molecule has 2 atom stereocenters. The third-order valence-corrected chi connectivity index (χ3v) is 9.45. The molecule has 2 aliphatic rings. The van der Waals surface area contributed by atoms with Crippen LogP contribution in [0.2, 0.25) is 5.15 Å². The Labute approximate surface area is 203 Å². The standard InChI is InChI=1S/C26H39ClN4S/c1-19(2)20-9-6-12-31(15-20)18-24-29-14-23(32-24)26(3,4)22-10-7-13-30(17-22)16-21-8-5-11-28-25(21)27/h5,8,11,14,19-20,22H,6-7,9-10,12-13,15-18H2,1-4H3. The number of nitrogens with zero attached hydrogens (tertiary/aromatic N) is 4. The van der Waals surface area contributed by atoms with Gasteiger partial charge in [-0.1, -0.05) is 45.4 Å². The molecule has 0 amide bonds. The first-order valence-electron chi connectivity index (χ1n) is 12.3. The Kier molecular flexibility index (Phi) is 7.92. The minimum Gasteiger partial charge on any atom is -0.299 e. The van der Waals surface area contributed by atoms with Gasteiger partial charge in [-0.3, -0.25) is 9.80 Å². The van der Waals surface area contributed by atoms with Gasteiger partial charge in [-0.2, -0.15) is 0 Å². The van der Waals surface area contributed by atoms with Gasteiger partial charge in [-0.15, -0.1) is 11.3 Å². The van der Waals surface area contributed by atoms with Crippen LogP contribution >= 0.6 is 22.9 Å². The molecule has 2 aromatic heterocycles. The van der Waals surface area contributed by atoms with Crippen LogP contribution in [-0.2, 0) is 18.5 Å². The Bertz CT molecular complexity index is 880. The Hall–Kier alpha value is -1.01. The van der Waals surface area contributed by atoms with Crippen LogP contribution in [0.5, 0.6) is 0 Å². The van der Waals surface area contributed by atoms with E-state index in [0.29, 0.717) is 11.1 Å². The summed E-state index contributed by atoms with van der Waals surface area (Å²) in [5, 5.41) is 1.92. The predicted molar refractivity (Wildman–Crippen MR) is 135 cm³/mol. The molecule has 6 heteroatoms. The zero-order chi connectivity index (χ0) is 22.7. The zero-order valence-electron chi connectivity index (χ0n) is 20.2. The molecule has 0 saturated carbocycles. The number of pyridine rings is 1. The van der Waals surface area contributed by atoms with Crippen LogP contribution in [0, 0.1) is 17.8 Å². The molecule has 2 aliphatic heterocycles. The number of hydrogen-bond acceptors (Lipinski definition) is 5. The molecule has 32 heavy (non-hydrogen) atoms. The van der Waals surface area contributed by atoms with Crippen molar-refractivity contribution >= 4 is 22.9 Å². The van der Waals surface area contributed by atoms with Gasteiger partial charge in [0.25, 0.3) is 0 Å². The third-order valence-electron chi connectivity index (χ3n) is 7.79. The normalized spacial score (nSPS) is 23.7. The Morgan fingerprint density at radius 2 is 1.84 bits per heavy atom. The number of rotatable bonds is 7. The first kappa shape index (κ1) is 24.1. The predicted octanol–water partition coefficient (Wildman–Crippen LogP) is 6.25. The lowest BCUT2D eigenvalue weighted by molar-refractivity contribution is 0.123. The highest BCUT2D eigenvalue weighted by Gasteiger charge is 2.36. The second-order valence-corrected chi connectivity index (χ2v) is 12.2. The van der Waals surface area contributed by atoms with Crippen molar-refractivity contribution in [1.29, 1.82) is 0 Å². The first-order chi connectivity index (χ1) is 15.3. The average molecular weight is 475 g/mol. The monoisotopic (exact) mass is 474 g/mol. The van der Waals surface area contributed by atoms with Crippen LogP contribution in [0.15, 0.2) is 24.5 Å². The number of halogens is 1. The number of aromatic nitrogens is 2. The second-order valence-electron chi connectivity index (χ2n) is 10.7. The molecule has 0 aliphatic carbocycles. The molecule has 176 valence electrons. The van der Waals surface area contributed by atoms with Crippen LogP contribution in [0.3, 0.4) is 0 Å². The maximum atomic E-state index is 6.33. The van der Waals surface area contributed by atoms with Gasteiger partial charge in [0.05, 0.1) is 6.54 Å². The fraction of sp³-hybridized carbons (Fsp3) is 0.692. The van der Waals surface area contributed by atoms with E-state index in [9.17, 15) is 0 Å². The lowest BCUT2D eigenvalue weighted by Gasteiger charge is -2.41. The van der Waals surface area contributed by atoms with Crippen LogP contribution < -0.4 is 0 Å². The van der Waals surface area contributed by atoms with Crippen LogP contribution in [-0.4, -0.2) is 45.9 Å². The van der Waals surface area contributed by atoms with Gasteiger partial charge in [0.2, 0.25) is 0 Å². The summed E-state index contributed by atoms with van der Waals surface area (Å²) >= 11 is 8.27. The summed E-state index contributed by atoms with van der Waals surface area (Å²) in [7, 11) is 0. The van der Waals surface area contributed by atoms with Gasteiger partial charge < -0.3 is 0 Å². The molecule has 2 fully saturated rings. The Morgan fingerprint density at radius 3 is 2.59 bits per heavy atom. The maximum absolute atomic E-state index is 6.33. The van der Waals surface area contributed by atoms with Crippen LogP contribution in [0.4, 0.5) is 0 Å². The van der Waals surface area contributed by atoms with E-state index in [2.05, 4.69) is 54.7 Å². The molecule has 4 rings (SSSR count). The molecule has 0 N–H and O–H groups in total. The Morgan fingerprint density at radius 1 is 1.09 bits per heavy atom. The third kappa shape index (κ3) is 5.72. The van der Waals surface area contributed by atoms with Gasteiger partial charge in [-0.25, -0.2) is 9.97 Å². The van der Waals surface area contributed by atoms with E-state index < -0.39 is 0 Å². The highest BCUT2D eigenvalue weighted by atomic mass is 35.5. The van der Waals surface area contributed by atoms with Gasteiger partial charge in [-0.05, 0) is 62.6 Å². The molecule has 0 bridgehead atoms. The van der Waals surface area contributed by atoms with Crippen LogP contribution in [0.25, 0.3) is 0 Å². The van der Waals surface area contributed by atoms with E-state index in [-0.39, 0.29) is 5.41 Å². The van der Waals surface area contributed by atoms with E-state index in [4.69, 9.17) is 16.6 Å². The molecule has 0 radical (unpaired) electrons. The molecular weight excluding hydrogens is 436 g/mol. The number of piperidine rings is 2. The van der Waals surface area contributed by atoms with Crippen molar-refractivity contribution in [3.8, 4) is 0 Å². The van der Waals surface area contributed by atoms with E-state index in [1.807, 2.05) is 17.4 Å². The van der Waals surface area contributed by atoms with Gasteiger partial charge in [0.15, 0.2) is 0 Å². The highest BCUT2D eigenvalue weighted by Crippen LogP contribution is 2.40. The topological polar surface area (TPSA) is 32.3 Å². The van der Waals surface area contributed by atoms with Crippen molar-refractivity contribution in [1.82, 2.24) is 19.8 Å². The van der Waals surface area contributed by atoms with Gasteiger partial charge in [0, 0.05) is 47.9 Å². The summed E-state index contributed by atoms with van der Waals surface area (Å²) in [5.74, 6) is 2.24. The van der Waals surface area contributed by atoms with E-state index in [1.54, 1.807) is 6.20 Å². The lowest BCUT2D eigenvalue weighted by Crippen LogP contribution is -2.42. The largest absolute Gasteiger partial charge is 0.299 e. The van der Waals surface area contributed by atoms with Crippen molar-refractivity contribution in [3.05, 3.63) is 45.1 Å². The summed E-state index contributed by atoms with van der Waals surface area (Å²) in [5.41, 5.74) is 1.27. The molecule has 4 heterocycles. The summed E-state index contributed by atoms with van der Waals surface area (Å²) in [6.45, 7) is 16.2. The van der Waals surface area contributed by atoms with Crippen molar-refractivity contribution < 1.29 is 0 Å². The SMILES string of the molecule is CC(C)C1CCCN(Cc2ncc(C(C)(C)C3CCCN(Cc4cccnc4Cl)C3)s2)C1. The average Bonchev–Trinajstić information content (AvgIpc) is 3.25. The van der Waals surface area contributed by atoms with Crippen molar-refractivity contribution in [2.24, 2.45) is 17.8 Å². The summed E-state index contributed by atoms with van der Waals surface area (Å²) in [6, 6.07) is 4.08. The first-order valence-corrected chi connectivity index (χ1v) is 13.5. The van der Waals surface area contributed by atoms with Gasteiger partial charge in [0.1, 0.15) is 10.2 Å². The van der Waals surface area contributed by atoms with Crippen molar-refractivity contribution in [3.63, 3.8) is 0 Å². The van der Waals surface area contributed by atoms with E-state index in [1.165, 1.54) is 48.7 Å². The fourth-order valence-electron chi connectivity index (χ4n) is 5.42. The van der Waals surface area contributed by atoms with E-state index in [0.717, 1.165) is 43.6 Å². The Balaban J connectivity index is 1.38.